The van der Waals surface area contributed by atoms with Gasteiger partial charge < -0.3 is 24.7 Å². The predicted molar refractivity (Wildman–Crippen MR) is 73.0 cm³/mol. The van der Waals surface area contributed by atoms with Crippen molar-refractivity contribution in [2.45, 2.75) is 0 Å². The van der Waals surface area contributed by atoms with Gasteiger partial charge in [0.15, 0.2) is 0 Å². The van der Waals surface area contributed by atoms with E-state index in [1.165, 1.54) is 0 Å². The molecule has 2 saturated carbocycles. The Bertz CT molecular complexity index is 264. The van der Waals surface area contributed by atoms with Crippen LogP contribution in [-0.4, -0.2) is 0 Å². The van der Waals surface area contributed by atoms with E-state index in [0.717, 1.165) is 0 Å². The van der Waals surface area contributed by atoms with Crippen molar-refractivity contribution >= 4 is 0 Å². The van der Waals surface area contributed by atoms with Crippen LogP contribution in [0.3, 0.4) is 0 Å². The van der Waals surface area contributed by atoms with Crippen LogP contribution in [0.1, 0.15) is 0 Å². The van der Waals surface area contributed by atoms with Crippen LogP contribution in [0, 0.1) is 115 Å². The molecule has 0 heterocycles. The number of hydrogen-bond acceptors (Lipinski definition) is 0. The third-order valence-corrected chi connectivity index (χ3v) is 1.17. The predicted octanol–water partition coefficient (Wildman–Crippen LogP) is 2.05. The molecule has 0 N–H and O–H groups in total. The zero-order valence-corrected chi connectivity index (χ0v) is 14.3. The SMILES string of the molecule is [C-]#CC#[C-].[C-]#[O+].[C-]#[O+].[C-]#[O+].[C-]#[O+].[CH]1[CH][CH][CH][CH]1.[CH]1[CH][CH][CH][CH]1.[Fe].[Fe]. The van der Waals surface area contributed by atoms with E-state index in [9.17, 15) is 0 Å². The summed E-state index contributed by atoms with van der Waals surface area (Å²) in [5.41, 5.74) is 0. The molecule has 24 heavy (non-hydrogen) atoms. The first kappa shape index (κ1) is 43.5. The van der Waals surface area contributed by atoms with Gasteiger partial charge in [0, 0.05) is 34.1 Å². The molecule has 2 rings (SSSR count). The average molecular weight is 402 g/mol. The molecular formula is C18H10Fe2O4-2. The van der Waals surface area contributed by atoms with E-state index in [0.29, 0.717) is 0 Å². The fourth-order valence-corrected chi connectivity index (χ4v) is 0.642. The molecule has 2 aliphatic carbocycles. The van der Waals surface area contributed by atoms with Gasteiger partial charge in [0.2, 0.25) is 0 Å². The van der Waals surface area contributed by atoms with Crippen molar-refractivity contribution in [3.05, 3.63) is 104 Å². The van der Waals surface area contributed by atoms with E-state index in [-0.39, 0.29) is 34.1 Å². The molecule has 2 fully saturated rings. The van der Waals surface area contributed by atoms with Crippen LogP contribution in [-0.2, 0) is 52.7 Å². The van der Waals surface area contributed by atoms with Crippen LogP contribution in [0.15, 0.2) is 0 Å². The zero-order valence-electron chi connectivity index (χ0n) is 12.1. The third kappa shape index (κ3) is 83.5. The first-order valence-electron chi connectivity index (χ1n) is 4.90. The molecule has 0 aromatic heterocycles. The molecule has 0 spiro atoms. The van der Waals surface area contributed by atoms with Crippen molar-refractivity contribution in [1.82, 2.24) is 0 Å². The van der Waals surface area contributed by atoms with Gasteiger partial charge in [0.25, 0.3) is 0 Å². The topological polar surface area (TPSA) is 79.6 Å². The van der Waals surface area contributed by atoms with Gasteiger partial charge in [-0.1, -0.05) is 0 Å². The van der Waals surface area contributed by atoms with Crippen molar-refractivity contribution in [2.24, 2.45) is 0 Å². The average Bonchev–Trinajstić information content (AvgIpc) is 3.40. The Balaban J connectivity index is -0.0000000292. The smallest absolute Gasteiger partial charge is 0 e. The molecule has 124 valence electrons. The molecule has 0 amide bonds. The zero-order chi connectivity index (χ0) is 18.5. The molecular weight excluding hydrogens is 392 g/mol. The summed E-state index contributed by atoms with van der Waals surface area (Å²) < 4.78 is 30.0. The molecule has 0 aliphatic heterocycles. The van der Waals surface area contributed by atoms with Gasteiger partial charge >= 0.3 is 45.2 Å². The van der Waals surface area contributed by atoms with E-state index >= 15 is 0 Å². The summed E-state index contributed by atoms with van der Waals surface area (Å²) in [6.07, 6.45) is 31.8. The second-order valence-corrected chi connectivity index (χ2v) is 2.17. The minimum atomic E-state index is 0. The second kappa shape index (κ2) is 79.8. The maximum absolute atomic E-state index is 7.50. The normalized spacial score (nSPS) is 10.8. The molecule has 2 aliphatic rings. The molecule has 0 saturated heterocycles. The minimum Gasteiger partial charge on any atom is -0.0312 e. The quantitative estimate of drug-likeness (QED) is 0.258. The van der Waals surface area contributed by atoms with Gasteiger partial charge in [-0.25, -0.2) is 0 Å². The van der Waals surface area contributed by atoms with Crippen LogP contribution in [0.2, 0.25) is 0 Å². The van der Waals surface area contributed by atoms with E-state index in [2.05, 4.69) is 26.6 Å². The Morgan fingerprint density at radius 3 is 0.500 bits per heavy atom. The summed E-state index contributed by atoms with van der Waals surface area (Å²) in [7, 11) is 0. The Morgan fingerprint density at radius 1 is 0.375 bits per heavy atom. The first-order chi connectivity index (χ1) is 10.9. The van der Waals surface area contributed by atoms with Crippen molar-refractivity contribution in [1.29, 1.82) is 0 Å². The van der Waals surface area contributed by atoms with Crippen molar-refractivity contribution in [2.75, 3.05) is 0 Å². The summed E-state index contributed by atoms with van der Waals surface area (Å²) in [5, 5.41) is 0. The van der Waals surface area contributed by atoms with Crippen LogP contribution in [0.4, 0.5) is 0 Å². The van der Waals surface area contributed by atoms with Gasteiger partial charge in [-0.15, -0.1) is 0 Å². The van der Waals surface area contributed by atoms with Gasteiger partial charge in [0.1, 0.15) is 0 Å². The molecule has 10 radical (unpaired) electrons. The summed E-state index contributed by atoms with van der Waals surface area (Å²) in [5.74, 6) is 3.19. The summed E-state index contributed by atoms with van der Waals surface area (Å²) in [6, 6.07) is 0. The molecule has 0 aromatic carbocycles. The van der Waals surface area contributed by atoms with Gasteiger partial charge in [0.05, 0.1) is 0 Å². The Labute approximate surface area is 168 Å². The van der Waals surface area contributed by atoms with E-state index in [4.69, 9.17) is 31.5 Å². The molecule has 6 heteroatoms. The Hall–Kier alpha value is -0.881. The standard InChI is InChI=1S/2C5H5.C4.4CO.2Fe/c2*1-2-4-5-3-1;1-3-4-2;4*1-2;;/h2*1-5H;;;;;;;/q;;-2;;;;;;. The molecule has 0 aromatic rings. The van der Waals surface area contributed by atoms with E-state index in [1.54, 1.807) is 11.8 Å². The van der Waals surface area contributed by atoms with Crippen molar-refractivity contribution in [3.63, 3.8) is 0 Å². The van der Waals surface area contributed by atoms with Crippen LogP contribution >= 0.6 is 0 Å². The summed E-state index contributed by atoms with van der Waals surface area (Å²) >= 11 is 0. The molecule has 0 unspecified atom stereocenters. The van der Waals surface area contributed by atoms with Gasteiger partial charge in [-0.3, -0.25) is 0 Å². The van der Waals surface area contributed by atoms with Crippen LogP contribution in [0.25, 0.3) is 0 Å². The molecule has 0 atom stereocenters. The van der Waals surface area contributed by atoms with Crippen molar-refractivity contribution in [3.8, 4) is 11.8 Å². The maximum atomic E-state index is 7.50. The number of hydrogen-bond donors (Lipinski definition) is 0. The van der Waals surface area contributed by atoms with Crippen molar-refractivity contribution < 1.29 is 52.7 Å². The molecule has 0 bridgehead atoms. The summed E-state index contributed by atoms with van der Waals surface area (Å²) in [6.45, 7) is 18.0. The Kier molecular flexibility index (Phi) is 145. The fourth-order valence-electron chi connectivity index (χ4n) is 0.642. The van der Waals surface area contributed by atoms with E-state index < -0.39 is 0 Å². The summed E-state index contributed by atoms with van der Waals surface area (Å²) in [4.78, 5) is 0. The fraction of sp³-hybridized carbons (Fsp3) is 0. The number of rotatable bonds is 0. The largest absolute Gasteiger partial charge is 0.0312 e. The molecule has 4 nitrogen and oxygen atoms in total. The second-order valence-electron chi connectivity index (χ2n) is 2.17. The monoisotopic (exact) mass is 402 g/mol. The Morgan fingerprint density at radius 2 is 0.458 bits per heavy atom. The van der Waals surface area contributed by atoms with E-state index in [1.807, 2.05) is 64.2 Å². The first-order valence-corrected chi connectivity index (χ1v) is 4.90. The van der Waals surface area contributed by atoms with Gasteiger partial charge in [-0.2, -0.15) is 0 Å². The minimum absolute atomic E-state index is 0. The third-order valence-electron chi connectivity index (χ3n) is 1.17. The van der Waals surface area contributed by atoms with Gasteiger partial charge in [-0.05, 0) is 64.2 Å². The van der Waals surface area contributed by atoms with Crippen LogP contribution < -0.4 is 0 Å². The maximum Gasteiger partial charge on any atom is 0 e. The van der Waals surface area contributed by atoms with Crippen LogP contribution in [0.5, 0.6) is 0 Å².